The molecule has 2 N–H and O–H groups in total. The van der Waals surface area contributed by atoms with Gasteiger partial charge in [0.05, 0.1) is 13.7 Å². The van der Waals surface area contributed by atoms with Gasteiger partial charge in [0.15, 0.2) is 5.96 Å². The third-order valence-corrected chi connectivity index (χ3v) is 3.80. The number of benzene rings is 1. The van der Waals surface area contributed by atoms with Crippen LogP contribution >= 0.6 is 24.0 Å². The summed E-state index contributed by atoms with van der Waals surface area (Å²) in [4.78, 5) is 16.1. The summed E-state index contributed by atoms with van der Waals surface area (Å²) in [5.41, 5.74) is 1.62. The number of carbonyl (C=O) groups is 1. The van der Waals surface area contributed by atoms with Crippen molar-refractivity contribution < 1.29 is 18.7 Å². The van der Waals surface area contributed by atoms with Crippen LogP contribution in [0.15, 0.2) is 39.7 Å². The van der Waals surface area contributed by atoms with Gasteiger partial charge in [-0.3, -0.25) is 0 Å². The molecule has 2 rings (SSSR count). The van der Waals surface area contributed by atoms with E-state index in [0.29, 0.717) is 42.7 Å². The molecule has 0 aliphatic rings. The van der Waals surface area contributed by atoms with Crippen LogP contribution in [-0.4, -0.2) is 38.7 Å². The van der Waals surface area contributed by atoms with E-state index < -0.39 is 5.97 Å². The molecule has 2 aromatic rings. The standard InChI is InChI=1S/C20H27N3O4.HI/c1-5-21-20(22-10-11-26-16-8-6-14(2)7-9-16)23-13-17-12-18(15(3)27-17)19(24)25-4;/h6-9,12H,5,10-11,13H2,1-4H3,(H2,21,22,23);1H. The Morgan fingerprint density at radius 3 is 2.54 bits per heavy atom. The third kappa shape index (κ3) is 7.41. The third-order valence-electron chi connectivity index (χ3n) is 3.80. The smallest absolute Gasteiger partial charge is 0.341 e. The normalized spacial score (nSPS) is 10.8. The highest BCUT2D eigenvalue weighted by Crippen LogP contribution is 2.16. The molecule has 0 aliphatic carbocycles. The zero-order chi connectivity index (χ0) is 19.6. The van der Waals surface area contributed by atoms with Crippen LogP contribution in [-0.2, 0) is 11.3 Å². The van der Waals surface area contributed by atoms with E-state index in [-0.39, 0.29) is 24.0 Å². The molecule has 1 aromatic heterocycles. The van der Waals surface area contributed by atoms with Gasteiger partial charge in [-0.15, -0.1) is 24.0 Å². The summed E-state index contributed by atoms with van der Waals surface area (Å²) in [6, 6.07) is 9.60. The van der Waals surface area contributed by atoms with Gasteiger partial charge in [-0.25, -0.2) is 9.79 Å². The van der Waals surface area contributed by atoms with Gasteiger partial charge >= 0.3 is 5.97 Å². The SMILES string of the molecule is CCNC(=NCc1cc(C(=O)OC)c(C)o1)NCCOc1ccc(C)cc1.I. The highest BCUT2D eigenvalue weighted by molar-refractivity contribution is 14.0. The second-order valence-electron chi connectivity index (χ2n) is 5.96. The summed E-state index contributed by atoms with van der Waals surface area (Å²) in [5, 5.41) is 6.37. The highest BCUT2D eigenvalue weighted by atomic mass is 127. The molecule has 0 atom stereocenters. The molecule has 0 saturated heterocycles. The van der Waals surface area contributed by atoms with E-state index >= 15 is 0 Å². The number of rotatable bonds is 8. The number of nitrogens with one attached hydrogen (secondary N) is 2. The van der Waals surface area contributed by atoms with Gasteiger partial charge in [-0.2, -0.15) is 0 Å². The maximum absolute atomic E-state index is 11.6. The molecule has 0 spiro atoms. The van der Waals surface area contributed by atoms with E-state index in [1.165, 1.54) is 12.7 Å². The Hall–Kier alpha value is -2.23. The molecule has 8 heteroatoms. The molecule has 0 saturated carbocycles. The number of guanidine groups is 1. The fourth-order valence-corrected chi connectivity index (χ4v) is 2.41. The van der Waals surface area contributed by atoms with Crippen LogP contribution in [0, 0.1) is 13.8 Å². The predicted molar refractivity (Wildman–Crippen MR) is 120 cm³/mol. The van der Waals surface area contributed by atoms with Crippen LogP contribution in [0.1, 0.15) is 34.4 Å². The second-order valence-corrected chi connectivity index (χ2v) is 5.96. The van der Waals surface area contributed by atoms with Gasteiger partial charge in [-0.05, 0) is 39.0 Å². The Balaban J connectivity index is 0.00000392. The average molecular weight is 501 g/mol. The fourth-order valence-electron chi connectivity index (χ4n) is 2.41. The van der Waals surface area contributed by atoms with Crippen molar-refractivity contribution in [3.63, 3.8) is 0 Å². The van der Waals surface area contributed by atoms with Gasteiger partial charge in [0.2, 0.25) is 0 Å². The van der Waals surface area contributed by atoms with Gasteiger partial charge in [0.1, 0.15) is 36.0 Å². The lowest BCUT2D eigenvalue weighted by Crippen LogP contribution is -2.39. The first-order valence-corrected chi connectivity index (χ1v) is 8.92. The van der Waals surface area contributed by atoms with Crippen LogP contribution in [0.5, 0.6) is 5.75 Å². The number of furan rings is 1. The minimum Gasteiger partial charge on any atom is -0.492 e. The fraction of sp³-hybridized carbons (Fsp3) is 0.400. The van der Waals surface area contributed by atoms with Crippen LogP contribution in [0.4, 0.5) is 0 Å². The van der Waals surface area contributed by atoms with Crippen molar-refractivity contribution in [2.24, 2.45) is 4.99 Å². The first-order valence-electron chi connectivity index (χ1n) is 8.92. The Kier molecular flexibility index (Phi) is 10.4. The van der Waals surface area contributed by atoms with Crippen molar-refractivity contribution in [1.29, 1.82) is 0 Å². The summed E-state index contributed by atoms with van der Waals surface area (Å²) < 4.78 is 16.0. The van der Waals surface area contributed by atoms with Crippen molar-refractivity contribution in [3.05, 3.63) is 53.0 Å². The number of aliphatic imine (C=N–C) groups is 1. The maximum atomic E-state index is 11.6. The summed E-state index contributed by atoms with van der Waals surface area (Å²) in [5.74, 6) is 2.20. The average Bonchev–Trinajstić information content (AvgIpc) is 3.04. The Labute approximate surface area is 182 Å². The number of nitrogens with zero attached hydrogens (tertiary/aromatic N) is 1. The first kappa shape index (κ1) is 23.8. The molecule has 0 unspecified atom stereocenters. The largest absolute Gasteiger partial charge is 0.492 e. The quantitative estimate of drug-likeness (QED) is 0.190. The zero-order valence-corrected chi connectivity index (χ0v) is 19.0. The number of esters is 1. The van der Waals surface area contributed by atoms with E-state index in [2.05, 4.69) is 15.6 Å². The molecule has 0 aliphatic heterocycles. The number of ether oxygens (including phenoxy) is 2. The minimum absolute atomic E-state index is 0. The van der Waals surface area contributed by atoms with Crippen LogP contribution in [0.2, 0.25) is 0 Å². The predicted octanol–water partition coefficient (Wildman–Crippen LogP) is 3.44. The topological polar surface area (TPSA) is 85.1 Å². The van der Waals surface area contributed by atoms with Crippen molar-refractivity contribution in [1.82, 2.24) is 10.6 Å². The maximum Gasteiger partial charge on any atom is 0.341 e. The van der Waals surface area contributed by atoms with Crippen LogP contribution < -0.4 is 15.4 Å². The Morgan fingerprint density at radius 1 is 1.18 bits per heavy atom. The Morgan fingerprint density at radius 2 is 1.89 bits per heavy atom. The molecule has 0 fully saturated rings. The zero-order valence-electron chi connectivity index (χ0n) is 16.7. The van der Waals surface area contributed by atoms with E-state index in [1.54, 1.807) is 13.0 Å². The molecule has 154 valence electrons. The van der Waals surface area contributed by atoms with E-state index in [0.717, 1.165) is 12.3 Å². The summed E-state index contributed by atoms with van der Waals surface area (Å²) in [6.07, 6.45) is 0. The second kappa shape index (κ2) is 12.3. The van der Waals surface area contributed by atoms with Crippen LogP contribution in [0.25, 0.3) is 0 Å². The lowest BCUT2D eigenvalue weighted by molar-refractivity contribution is 0.0599. The lowest BCUT2D eigenvalue weighted by Gasteiger charge is -2.12. The van der Waals surface area contributed by atoms with Gasteiger partial charge in [-0.1, -0.05) is 17.7 Å². The minimum atomic E-state index is -0.412. The number of aryl methyl sites for hydroxylation is 2. The van der Waals surface area contributed by atoms with Crippen molar-refractivity contribution in [2.75, 3.05) is 26.8 Å². The number of hydrogen-bond donors (Lipinski definition) is 2. The van der Waals surface area contributed by atoms with Gasteiger partial charge in [0, 0.05) is 6.54 Å². The molecule has 0 radical (unpaired) electrons. The summed E-state index contributed by atoms with van der Waals surface area (Å²) >= 11 is 0. The summed E-state index contributed by atoms with van der Waals surface area (Å²) in [7, 11) is 1.35. The lowest BCUT2D eigenvalue weighted by atomic mass is 10.2. The molecule has 1 aromatic carbocycles. The van der Waals surface area contributed by atoms with Crippen molar-refractivity contribution in [3.8, 4) is 5.75 Å². The first-order chi connectivity index (χ1) is 13.0. The highest BCUT2D eigenvalue weighted by Gasteiger charge is 2.15. The summed E-state index contributed by atoms with van der Waals surface area (Å²) in [6.45, 7) is 7.92. The van der Waals surface area contributed by atoms with Crippen molar-refractivity contribution >= 4 is 35.9 Å². The molecule has 1 heterocycles. The van der Waals surface area contributed by atoms with E-state index in [1.807, 2.05) is 38.1 Å². The Bertz CT molecular complexity index is 772. The number of carbonyl (C=O) groups excluding carboxylic acids is 1. The number of halogens is 1. The monoisotopic (exact) mass is 501 g/mol. The molecule has 7 nitrogen and oxygen atoms in total. The molecular formula is C20H28IN3O4. The molecule has 28 heavy (non-hydrogen) atoms. The van der Waals surface area contributed by atoms with Gasteiger partial charge in [0.25, 0.3) is 0 Å². The van der Waals surface area contributed by atoms with E-state index in [9.17, 15) is 4.79 Å². The molecule has 0 bridgehead atoms. The van der Waals surface area contributed by atoms with Crippen LogP contribution in [0.3, 0.4) is 0 Å². The van der Waals surface area contributed by atoms with Crippen molar-refractivity contribution in [2.45, 2.75) is 27.3 Å². The number of methoxy groups -OCH3 is 1. The number of hydrogen-bond acceptors (Lipinski definition) is 5. The van der Waals surface area contributed by atoms with E-state index in [4.69, 9.17) is 13.9 Å². The molecular weight excluding hydrogens is 473 g/mol. The van der Waals surface area contributed by atoms with Gasteiger partial charge < -0.3 is 24.5 Å². The molecule has 0 amide bonds.